The molecular weight excluding hydrogens is 275 g/mol. The van der Waals surface area contributed by atoms with Gasteiger partial charge in [0, 0.05) is 25.5 Å². The first-order valence-corrected chi connectivity index (χ1v) is 6.51. The van der Waals surface area contributed by atoms with Crippen LogP contribution in [0.25, 0.3) is 0 Å². The van der Waals surface area contributed by atoms with E-state index in [1.54, 1.807) is 22.8 Å². The second-order valence-corrected chi connectivity index (χ2v) is 4.58. The molecule has 0 aliphatic heterocycles. The molecule has 6 heteroatoms. The Balaban J connectivity index is 1.78. The maximum atomic E-state index is 13.3. The second kappa shape index (κ2) is 6.90. The number of aromatic nitrogens is 1. The van der Waals surface area contributed by atoms with E-state index in [1.165, 1.54) is 12.1 Å². The topological polar surface area (TPSA) is 63.5 Å². The number of aliphatic hydroxyl groups is 1. The molecule has 1 atom stereocenters. The number of aliphatic hydroxyl groups excluding tert-OH is 1. The molecule has 0 aliphatic carbocycles. The summed E-state index contributed by atoms with van der Waals surface area (Å²) in [7, 11) is 1.81. The Hall–Kier alpha value is -2.34. The van der Waals surface area contributed by atoms with Gasteiger partial charge in [0.15, 0.2) is 18.2 Å². The largest absolute Gasteiger partial charge is 0.481 e. The molecule has 0 saturated carbocycles. The van der Waals surface area contributed by atoms with E-state index in [4.69, 9.17) is 4.74 Å². The number of nitrogens with one attached hydrogen (secondary N) is 1. The summed E-state index contributed by atoms with van der Waals surface area (Å²) in [5, 5.41) is 12.5. The number of amides is 1. The number of halogens is 1. The Bertz CT molecular complexity index is 612. The van der Waals surface area contributed by atoms with Crippen LogP contribution >= 0.6 is 0 Å². The lowest BCUT2D eigenvalue weighted by Crippen LogP contribution is -2.33. The molecule has 1 aromatic carbocycles. The summed E-state index contributed by atoms with van der Waals surface area (Å²) in [5.74, 6) is -0.920. The number of ether oxygens (including phenoxy) is 1. The summed E-state index contributed by atoms with van der Waals surface area (Å²) in [6.07, 6.45) is 1.00. The predicted octanol–water partition coefficient (Wildman–Crippen LogP) is 1.39. The standard InChI is InChI=1S/C15H17FN2O3/c1-18-8-4-6-12(18)13(19)9-17-15(20)10-21-14-7-3-2-5-11(14)16/h2-8,13,19H,9-10H2,1H3,(H,17,20)/t13-/m1/s1. The van der Waals surface area contributed by atoms with Crippen molar-refractivity contribution < 1.29 is 19.0 Å². The van der Waals surface area contributed by atoms with Crippen LogP contribution < -0.4 is 10.1 Å². The van der Waals surface area contributed by atoms with E-state index in [0.29, 0.717) is 5.69 Å². The lowest BCUT2D eigenvalue weighted by atomic mass is 10.2. The maximum absolute atomic E-state index is 13.3. The average Bonchev–Trinajstić information content (AvgIpc) is 2.90. The molecule has 21 heavy (non-hydrogen) atoms. The summed E-state index contributed by atoms with van der Waals surface area (Å²) in [5.41, 5.74) is 0.699. The fourth-order valence-corrected chi connectivity index (χ4v) is 1.89. The van der Waals surface area contributed by atoms with E-state index < -0.39 is 17.8 Å². The number of rotatable bonds is 6. The zero-order valence-electron chi connectivity index (χ0n) is 11.6. The van der Waals surface area contributed by atoms with Crippen molar-refractivity contribution in [2.75, 3.05) is 13.2 Å². The van der Waals surface area contributed by atoms with Crippen LogP contribution in [-0.4, -0.2) is 28.7 Å². The van der Waals surface area contributed by atoms with Gasteiger partial charge >= 0.3 is 0 Å². The Morgan fingerprint density at radius 1 is 1.38 bits per heavy atom. The van der Waals surface area contributed by atoms with E-state index in [2.05, 4.69) is 5.32 Å². The van der Waals surface area contributed by atoms with Crippen molar-refractivity contribution in [3.05, 3.63) is 54.1 Å². The fourth-order valence-electron chi connectivity index (χ4n) is 1.89. The van der Waals surface area contributed by atoms with Crippen molar-refractivity contribution >= 4 is 5.91 Å². The third-order valence-corrected chi connectivity index (χ3v) is 3.01. The van der Waals surface area contributed by atoms with Gasteiger partial charge in [-0.3, -0.25) is 4.79 Å². The van der Waals surface area contributed by atoms with Gasteiger partial charge in [-0.05, 0) is 24.3 Å². The number of nitrogens with zero attached hydrogens (tertiary/aromatic N) is 1. The van der Waals surface area contributed by atoms with Gasteiger partial charge in [0.25, 0.3) is 5.91 Å². The van der Waals surface area contributed by atoms with Gasteiger partial charge in [-0.2, -0.15) is 0 Å². The van der Waals surface area contributed by atoms with Crippen LogP contribution in [0.15, 0.2) is 42.6 Å². The SMILES string of the molecule is Cn1cccc1[C@H](O)CNC(=O)COc1ccccc1F. The minimum Gasteiger partial charge on any atom is -0.481 e. The highest BCUT2D eigenvalue weighted by Gasteiger charge is 2.12. The Labute approximate surface area is 122 Å². The molecular formula is C15H17FN2O3. The minimum absolute atomic E-state index is 0.0237. The minimum atomic E-state index is -0.803. The number of benzene rings is 1. The van der Waals surface area contributed by atoms with Crippen molar-refractivity contribution in [1.82, 2.24) is 9.88 Å². The van der Waals surface area contributed by atoms with Crippen LogP contribution in [0.5, 0.6) is 5.75 Å². The normalized spacial score (nSPS) is 12.0. The highest BCUT2D eigenvalue weighted by Crippen LogP contribution is 2.15. The molecule has 0 aliphatic rings. The summed E-state index contributed by atoms with van der Waals surface area (Å²) in [4.78, 5) is 11.6. The molecule has 1 amide bonds. The number of carbonyl (C=O) groups is 1. The van der Waals surface area contributed by atoms with Crippen LogP contribution in [0.1, 0.15) is 11.8 Å². The third kappa shape index (κ3) is 4.06. The van der Waals surface area contributed by atoms with Crippen LogP contribution in [-0.2, 0) is 11.8 Å². The number of para-hydroxylation sites is 1. The quantitative estimate of drug-likeness (QED) is 0.846. The van der Waals surface area contributed by atoms with Crippen molar-refractivity contribution in [2.45, 2.75) is 6.10 Å². The molecule has 2 rings (SSSR count). The zero-order chi connectivity index (χ0) is 15.2. The van der Waals surface area contributed by atoms with Gasteiger partial charge in [-0.15, -0.1) is 0 Å². The predicted molar refractivity (Wildman–Crippen MR) is 75.3 cm³/mol. The Morgan fingerprint density at radius 2 is 2.14 bits per heavy atom. The molecule has 0 unspecified atom stereocenters. The van der Waals surface area contributed by atoms with Gasteiger partial charge in [0.1, 0.15) is 6.10 Å². The van der Waals surface area contributed by atoms with Crippen molar-refractivity contribution in [2.24, 2.45) is 7.05 Å². The number of carbonyl (C=O) groups excluding carboxylic acids is 1. The fraction of sp³-hybridized carbons (Fsp3) is 0.267. The highest BCUT2D eigenvalue weighted by atomic mass is 19.1. The monoisotopic (exact) mass is 292 g/mol. The Morgan fingerprint density at radius 3 is 2.81 bits per heavy atom. The summed E-state index contributed by atoms with van der Waals surface area (Å²) in [6.45, 7) is -0.238. The molecule has 5 nitrogen and oxygen atoms in total. The van der Waals surface area contributed by atoms with Gasteiger partial charge < -0.3 is 19.7 Å². The van der Waals surface area contributed by atoms with E-state index in [1.807, 2.05) is 19.3 Å². The number of aryl methyl sites for hydroxylation is 1. The van der Waals surface area contributed by atoms with Crippen LogP contribution in [0.2, 0.25) is 0 Å². The second-order valence-electron chi connectivity index (χ2n) is 4.58. The van der Waals surface area contributed by atoms with Crippen LogP contribution in [0, 0.1) is 5.82 Å². The average molecular weight is 292 g/mol. The lowest BCUT2D eigenvalue weighted by molar-refractivity contribution is -0.123. The van der Waals surface area contributed by atoms with Crippen molar-refractivity contribution in [3.63, 3.8) is 0 Å². The molecule has 1 heterocycles. The number of hydrogen-bond acceptors (Lipinski definition) is 3. The molecule has 0 fully saturated rings. The highest BCUT2D eigenvalue weighted by molar-refractivity contribution is 5.77. The molecule has 0 radical (unpaired) electrons. The summed E-state index contributed by atoms with van der Waals surface area (Å²) < 4.78 is 20.1. The summed E-state index contributed by atoms with van der Waals surface area (Å²) >= 11 is 0. The van der Waals surface area contributed by atoms with E-state index in [0.717, 1.165) is 0 Å². The van der Waals surface area contributed by atoms with E-state index in [9.17, 15) is 14.3 Å². The molecule has 112 valence electrons. The lowest BCUT2D eigenvalue weighted by Gasteiger charge is -2.13. The first kappa shape index (κ1) is 15.1. The van der Waals surface area contributed by atoms with Gasteiger partial charge in [-0.1, -0.05) is 12.1 Å². The van der Waals surface area contributed by atoms with Gasteiger partial charge in [0.2, 0.25) is 0 Å². The zero-order valence-corrected chi connectivity index (χ0v) is 11.6. The van der Waals surface area contributed by atoms with Crippen molar-refractivity contribution in [3.8, 4) is 5.75 Å². The summed E-state index contributed by atoms with van der Waals surface area (Å²) in [6, 6.07) is 9.44. The first-order valence-electron chi connectivity index (χ1n) is 6.51. The van der Waals surface area contributed by atoms with Crippen molar-refractivity contribution in [1.29, 1.82) is 0 Å². The number of hydrogen-bond donors (Lipinski definition) is 2. The molecule has 0 spiro atoms. The van der Waals surface area contributed by atoms with E-state index in [-0.39, 0.29) is 18.9 Å². The molecule has 2 aromatic rings. The third-order valence-electron chi connectivity index (χ3n) is 3.01. The van der Waals surface area contributed by atoms with Crippen LogP contribution in [0.4, 0.5) is 4.39 Å². The van der Waals surface area contributed by atoms with Gasteiger partial charge in [0.05, 0.1) is 0 Å². The Kier molecular flexibility index (Phi) is 4.94. The maximum Gasteiger partial charge on any atom is 0.258 e. The van der Waals surface area contributed by atoms with Crippen LogP contribution in [0.3, 0.4) is 0 Å². The molecule has 2 N–H and O–H groups in total. The van der Waals surface area contributed by atoms with Gasteiger partial charge in [-0.25, -0.2) is 4.39 Å². The molecule has 0 bridgehead atoms. The smallest absolute Gasteiger partial charge is 0.258 e. The molecule has 0 saturated heterocycles. The first-order chi connectivity index (χ1) is 10.1. The molecule has 1 aromatic heterocycles. The van der Waals surface area contributed by atoms with E-state index >= 15 is 0 Å².